The van der Waals surface area contributed by atoms with E-state index in [-0.39, 0.29) is 24.2 Å². The Morgan fingerprint density at radius 1 is 1.52 bits per heavy atom. The van der Waals surface area contributed by atoms with Gasteiger partial charge in [-0.3, -0.25) is 9.48 Å². The Bertz CT molecular complexity index is 642. The molecule has 1 amide bonds. The first-order chi connectivity index (χ1) is 9.99. The largest absolute Gasteiger partial charge is 0.508 e. The van der Waals surface area contributed by atoms with Gasteiger partial charge in [-0.15, -0.1) is 0 Å². The molecule has 7 heteroatoms. The molecule has 3 N–H and O–H groups in total. The highest BCUT2D eigenvalue weighted by atomic mass is 19.1. The molecule has 0 aliphatic rings. The van der Waals surface area contributed by atoms with Gasteiger partial charge in [0.2, 0.25) is 5.91 Å². The number of carbonyl (C=O) groups excluding carboxylic acids is 1. The van der Waals surface area contributed by atoms with Crippen molar-refractivity contribution in [2.75, 3.05) is 12.4 Å². The van der Waals surface area contributed by atoms with Gasteiger partial charge in [0.25, 0.3) is 0 Å². The third kappa shape index (κ3) is 3.71. The molecule has 2 rings (SSSR count). The molecule has 6 nitrogen and oxygen atoms in total. The lowest BCUT2D eigenvalue weighted by atomic mass is 10.1. The molecule has 0 saturated carbocycles. The van der Waals surface area contributed by atoms with E-state index in [4.69, 9.17) is 0 Å². The number of anilines is 1. The van der Waals surface area contributed by atoms with Gasteiger partial charge in [0, 0.05) is 18.8 Å². The highest BCUT2D eigenvalue weighted by Gasteiger charge is 2.12. The average molecular weight is 292 g/mol. The molecule has 21 heavy (non-hydrogen) atoms. The van der Waals surface area contributed by atoms with Gasteiger partial charge < -0.3 is 15.7 Å². The zero-order valence-corrected chi connectivity index (χ0v) is 11.8. The van der Waals surface area contributed by atoms with Crippen molar-refractivity contribution in [3.8, 4) is 5.75 Å². The number of halogens is 1. The van der Waals surface area contributed by atoms with Crippen molar-refractivity contribution in [2.24, 2.45) is 0 Å². The first-order valence-electron chi connectivity index (χ1n) is 6.47. The average Bonchev–Trinajstić information content (AvgIpc) is 2.88. The fraction of sp³-hybridized carbons (Fsp3) is 0.286. The maximum Gasteiger partial charge on any atom is 0.241 e. The second-order valence-electron chi connectivity index (χ2n) is 4.67. The standard InChI is InChI=1S/C14H17FN4O2/c1-9(12-5-10(15)3-4-13(12)20)18-11-6-17-19(7-11)8-14(21)16-2/h3-7,9,18,20H,8H2,1-2H3,(H,16,21). The zero-order valence-electron chi connectivity index (χ0n) is 11.8. The van der Waals surface area contributed by atoms with Crippen LogP contribution in [-0.4, -0.2) is 27.8 Å². The third-order valence-electron chi connectivity index (χ3n) is 3.06. The van der Waals surface area contributed by atoms with Crippen LogP contribution < -0.4 is 10.6 Å². The number of carbonyl (C=O) groups is 1. The van der Waals surface area contributed by atoms with Crippen LogP contribution in [0.25, 0.3) is 0 Å². The van der Waals surface area contributed by atoms with Crippen molar-refractivity contribution in [1.82, 2.24) is 15.1 Å². The number of benzene rings is 1. The summed E-state index contributed by atoms with van der Waals surface area (Å²) in [5, 5.41) is 19.4. The molecule has 0 bridgehead atoms. The summed E-state index contributed by atoms with van der Waals surface area (Å²) in [5.74, 6) is -0.540. The SMILES string of the molecule is CNC(=O)Cn1cc(NC(C)c2cc(F)ccc2O)cn1. The van der Waals surface area contributed by atoms with Crippen LogP contribution >= 0.6 is 0 Å². The fourth-order valence-electron chi connectivity index (χ4n) is 1.95. The topological polar surface area (TPSA) is 79.2 Å². The van der Waals surface area contributed by atoms with Crippen molar-refractivity contribution in [2.45, 2.75) is 19.5 Å². The van der Waals surface area contributed by atoms with E-state index in [9.17, 15) is 14.3 Å². The van der Waals surface area contributed by atoms with Crippen LogP contribution in [0.4, 0.5) is 10.1 Å². The Morgan fingerprint density at radius 3 is 3.00 bits per heavy atom. The van der Waals surface area contributed by atoms with Crippen LogP contribution in [-0.2, 0) is 11.3 Å². The molecule has 0 spiro atoms. The predicted octanol–water partition coefficient (Wildman–Crippen LogP) is 1.65. The lowest BCUT2D eigenvalue weighted by Gasteiger charge is -2.15. The molecule has 0 aliphatic heterocycles. The van der Waals surface area contributed by atoms with E-state index in [1.165, 1.54) is 22.9 Å². The van der Waals surface area contributed by atoms with Crippen molar-refractivity contribution in [1.29, 1.82) is 0 Å². The van der Waals surface area contributed by atoms with Gasteiger partial charge in [-0.2, -0.15) is 5.10 Å². The summed E-state index contributed by atoms with van der Waals surface area (Å²) in [7, 11) is 1.56. The first kappa shape index (κ1) is 14.8. The van der Waals surface area contributed by atoms with Crippen LogP contribution in [0.2, 0.25) is 0 Å². The number of phenolic OH excluding ortho intramolecular Hbond substituents is 1. The molecule has 1 aromatic carbocycles. The van der Waals surface area contributed by atoms with Gasteiger partial charge >= 0.3 is 0 Å². The minimum absolute atomic E-state index is 0.0224. The number of rotatable bonds is 5. The molecule has 1 heterocycles. The number of hydrogen-bond acceptors (Lipinski definition) is 4. The van der Waals surface area contributed by atoms with Gasteiger partial charge in [-0.1, -0.05) is 0 Å². The summed E-state index contributed by atoms with van der Waals surface area (Å²) < 4.78 is 14.7. The highest BCUT2D eigenvalue weighted by molar-refractivity contribution is 5.75. The molecule has 0 fully saturated rings. The number of nitrogens with one attached hydrogen (secondary N) is 2. The second kappa shape index (κ2) is 6.25. The minimum Gasteiger partial charge on any atom is -0.508 e. The maximum atomic E-state index is 13.2. The molecule has 1 aromatic heterocycles. The van der Waals surface area contributed by atoms with Crippen LogP contribution in [0.5, 0.6) is 5.75 Å². The normalized spacial score (nSPS) is 12.0. The maximum absolute atomic E-state index is 13.2. The van der Waals surface area contributed by atoms with E-state index in [0.29, 0.717) is 11.3 Å². The van der Waals surface area contributed by atoms with Crippen LogP contribution in [0.3, 0.4) is 0 Å². The fourth-order valence-corrected chi connectivity index (χ4v) is 1.95. The van der Waals surface area contributed by atoms with Gasteiger partial charge in [0.1, 0.15) is 18.1 Å². The molecule has 1 atom stereocenters. The molecular weight excluding hydrogens is 275 g/mol. The van der Waals surface area contributed by atoms with E-state index >= 15 is 0 Å². The minimum atomic E-state index is -0.410. The summed E-state index contributed by atoms with van der Waals surface area (Å²) in [6.07, 6.45) is 3.23. The van der Waals surface area contributed by atoms with E-state index in [1.54, 1.807) is 26.4 Å². The quantitative estimate of drug-likeness (QED) is 0.783. The summed E-state index contributed by atoms with van der Waals surface area (Å²) >= 11 is 0. The van der Waals surface area contributed by atoms with E-state index in [0.717, 1.165) is 0 Å². The summed E-state index contributed by atoms with van der Waals surface area (Å²) in [4.78, 5) is 11.2. The molecule has 0 saturated heterocycles. The van der Waals surface area contributed by atoms with Gasteiger partial charge in [-0.25, -0.2) is 4.39 Å². The Morgan fingerprint density at radius 2 is 2.29 bits per heavy atom. The third-order valence-corrected chi connectivity index (χ3v) is 3.06. The Balaban J connectivity index is 2.07. The van der Waals surface area contributed by atoms with Crippen LogP contribution in [0.1, 0.15) is 18.5 Å². The Hall–Kier alpha value is -2.57. The second-order valence-corrected chi connectivity index (χ2v) is 4.67. The van der Waals surface area contributed by atoms with Crippen molar-refractivity contribution < 1.29 is 14.3 Å². The number of amides is 1. The first-order valence-corrected chi connectivity index (χ1v) is 6.47. The lowest BCUT2D eigenvalue weighted by molar-refractivity contribution is -0.121. The summed E-state index contributed by atoms with van der Waals surface area (Å²) in [6, 6.07) is 3.49. The monoisotopic (exact) mass is 292 g/mol. The van der Waals surface area contributed by atoms with E-state index in [1.807, 2.05) is 0 Å². The number of hydrogen-bond donors (Lipinski definition) is 3. The van der Waals surface area contributed by atoms with Crippen molar-refractivity contribution >= 4 is 11.6 Å². The number of aromatic nitrogens is 2. The molecule has 112 valence electrons. The molecule has 2 aromatic rings. The van der Waals surface area contributed by atoms with Crippen molar-refractivity contribution in [3.63, 3.8) is 0 Å². The number of aromatic hydroxyl groups is 1. The molecule has 1 unspecified atom stereocenters. The van der Waals surface area contributed by atoms with Gasteiger partial charge in [0.15, 0.2) is 0 Å². The predicted molar refractivity (Wildman–Crippen MR) is 76.4 cm³/mol. The van der Waals surface area contributed by atoms with Crippen molar-refractivity contribution in [3.05, 3.63) is 42.0 Å². The molecule has 0 aliphatic carbocycles. The number of phenols is 1. The number of nitrogens with zero attached hydrogens (tertiary/aromatic N) is 2. The Kier molecular flexibility index (Phi) is 4.42. The number of likely N-dealkylation sites (N-methyl/N-ethyl adjacent to an activating group) is 1. The highest BCUT2D eigenvalue weighted by Crippen LogP contribution is 2.27. The lowest BCUT2D eigenvalue weighted by Crippen LogP contribution is -2.23. The summed E-state index contributed by atoms with van der Waals surface area (Å²) in [6.45, 7) is 1.92. The zero-order chi connectivity index (χ0) is 15.4. The van der Waals surface area contributed by atoms with Crippen LogP contribution in [0.15, 0.2) is 30.6 Å². The van der Waals surface area contributed by atoms with E-state index in [2.05, 4.69) is 15.7 Å². The smallest absolute Gasteiger partial charge is 0.241 e. The van der Waals surface area contributed by atoms with Gasteiger partial charge in [-0.05, 0) is 25.1 Å². The molecular formula is C14H17FN4O2. The molecule has 0 radical (unpaired) electrons. The van der Waals surface area contributed by atoms with Crippen LogP contribution in [0, 0.1) is 5.82 Å². The Labute approximate surface area is 121 Å². The summed E-state index contributed by atoms with van der Waals surface area (Å²) in [5.41, 5.74) is 1.13. The van der Waals surface area contributed by atoms with Gasteiger partial charge in [0.05, 0.1) is 17.9 Å². The van der Waals surface area contributed by atoms with E-state index < -0.39 is 5.82 Å².